The van der Waals surface area contributed by atoms with Crippen molar-refractivity contribution in [1.29, 1.82) is 0 Å². The minimum atomic E-state index is -3.40. The molecule has 0 amide bonds. The fourth-order valence-electron chi connectivity index (χ4n) is 2.60. The van der Waals surface area contributed by atoms with Gasteiger partial charge in [0.2, 0.25) is 10.0 Å². The molecule has 1 aliphatic heterocycles. The van der Waals surface area contributed by atoms with Crippen LogP contribution in [0.3, 0.4) is 0 Å². The number of rotatable bonds is 5. The minimum absolute atomic E-state index is 0.342. The second-order valence-electron chi connectivity index (χ2n) is 5.64. The number of halogens is 1. The largest absolute Gasteiger partial charge is 0.304 e. The van der Waals surface area contributed by atoms with Crippen LogP contribution in [-0.4, -0.2) is 39.5 Å². The summed E-state index contributed by atoms with van der Waals surface area (Å²) in [5.41, 5.74) is 0.925. The molecular formula is C15H23BrN2O2S. The third-order valence-electron chi connectivity index (χ3n) is 4.16. The third kappa shape index (κ3) is 4.52. The second kappa shape index (κ2) is 7.22. The molecule has 0 bridgehead atoms. The molecule has 2 rings (SSSR count). The predicted molar refractivity (Wildman–Crippen MR) is 88.9 cm³/mol. The highest BCUT2D eigenvalue weighted by atomic mass is 79.9. The molecule has 4 nitrogen and oxygen atoms in total. The molecule has 0 aromatic heterocycles. The van der Waals surface area contributed by atoms with Crippen LogP contribution < -0.4 is 4.72 Å². The van der Waals surface area contributed by atoms with Gasteiger partial charge in [0, 0.05) is 11.0 Å². The zero-order chi connectivity index (χ0) is 15.5. The number of aryl methyl sites for hydroxylation is 1. The summed E-state index contributed by atoms with van der Waals surface area (Å²) >= 11 is 3.39. The molecule has 0 spiro atoms. The first-order chi connectivity index (χ1) is 9.92. The molecule has 1 saturated heterocycles. The van der Waals surface area contributed by atoms with Crippen LogP contribution in [0.15, 0.2) is 27.6 Å². The molecule has 6 heteroatoms. The first-order valence-electron chi connectivity index (χ1n) is 7.40. The lowest BCUT2D eigenvalue weighted by Gasteiger charge is -2.31. The van der Waals surface area contributed by atoms with E-state index in [2.05, 4.69) is 32.5 Å². The van der Waals surface area contributed by atoms with Crippen molar-refractivity contribution in [3.8, 4) is 0 Å². The summed E-state index contributed by atoms with van der Waals surface area (Å²) in [6.07, 6.45) is 2.13. The summed E-state index contributed by atoms with van der Waals surface area (Å²) in [5, 5.41) is 0. The van der Waals surface area contributed by atoms with Gasteiger partial charge in [-0.05, 0) is 69.1 Å². The van der Waals surface area contributed by atoms with Crippen LogP contribution in [0, 0.1) is 12.8 Å². The Bertz CT molecular complexity index is 581. The highest BCUT2D eigenvalue weighted by Crippen LogP contribution is 2.21. The maximum absolute atomic E-state index is 12.3. The summed E-state index contributed by atoms with van der Waals surface area (Å²) in [7, 11) is -3.40. The topological polar surface area (TPSA) is 49.4 Å². The molecule has 0 saturated carbocycles. The van der Waals surface area contributed by atoms with Crippen LogP contribution >= 0.6 is 15.9 Å². The minimum Gasteiger partial charge on any atom is -0.304 e. The Kier molecular flexibility index (Phi) is 5.82. The Balaban J connectivity index is 1.94. The summed E-state index contributed by atoms with van der Waals surface area (Å²) < 4.78 is 28.3. The first-order valence-corrected chi connectivity index (χ1v) is 9.68. The lowest BCUT2D eigenvalue weighted by Crippen LogP contribution is -2.38. The van der Waals surface area contributed by atoms with Crippen molar-refractivity contribution in [1.82, 2.24) is 9.62 Å². The number of benzene rings is 1. The number of sulfonamides is 1. The molecular weight excluding hydrogens is 352 g/mol. The highest BCUT2D eigenvalue weighted by Gasteiger charge is 2.21. The van der Waals surface area contributed by atoms with Crippen LogP contribution in [0.25, 0.3) is 0 Å². The van der Waals surface area contributed by atoms with E-state index in [1.54, 1.807) is 18.2 Å². The molecule has 0 unspecified atom stereocenters. The summed E-state index contributed by atoms with van der Waals surface area (Å²) in [5.74, 6) is 0.444. The van der Waals surface area contributed by atoms with Crippen LogP contribution in [0.4, 0.5) is 0 Å². The van der Waals surface area contributed by atoms with Gasteiger partial charge in [0.15, 0.2) is 0 Å². The monoisotopic (exact) mass is 374 g/mol. The van der Waals surface area contributed by atoms with E-state index in [9.17, 15) is 8.42 Å². The van der Waals surface area contributed by atoms with Crippen LogP contribution in [-0.2, 0) is 10.0 Å². The number of nitrogens with zero attached hydrogens (tertiary/aromatic N) is 1. The zero-order valence-corrected chi connectivity index (χ0v) is 15.0. The third-order valence-corrected chi connectivity index (χ3v) is 6.47. The van der Waals surface area contributed by atoms with Crippen molar-refractivity contribution < 1.29 is 8.42 Å². The fourth-order valence-corrected chi connectivity index (χ4v) is 4.05. The Morgan fingerprint density at radius 3 is 2.57 bits per heavy atom. The van der Waals surface area contributed by atoms with E-state index >= 15 is 0 Å². The van der Waals surface area contributed by atoms with Gasteiger partial charge in [-0.15, -0.1) is 0 Å². The van der Waals surface area contributed by atoms with E-state index in [0.717, 1.165) is 42.5 Å². The second-order valence-corrected chi connectivity index (χ2v) is 8.26. The average molecular weight is 375 g/mol. The number of likely N-dealkylation sites (tertiary alicyclic amines) is 1. The summed E-state index contributed by atoms with van der Waals surface area (Å²) in [6, 6.07) is 5.12. The van der Waals surface area contributed by atoms with Gasteiger partial charge < -0.3 is 4.90 Å². The van der Waals surface area contributed by atoms with E-state index < -0.39 is 10.0 Å². The lowest BCUT2D eigenvalue weighted by atomic mass is 9.97. The summed E-state index contributed by atoms with van der Waals surface area (Å²) in [4.78, 5) is 2.75. The van der Waals surface area contributed by atoms with Gasteiger partial charge >= 0.3 is 0 Å². The molecule has 118 valence electrons. The van der Waals surface area contributed by atoms with Gasteiger partial charge in [0.25, 0.3) is 0 Å². The van der Waals surface area contributed by atoms with E-state index in [1.807, 2.05) is 6.92 Å². The first kappa shape index (κ1) is 16.9. The molecule has 0 atom stereocenters. The van der Waals surface area contributed by atoms with Crippen LogP contribution in [0.5, 0.6) is 0 Å². The highest BCUT2D eigenvalue weighted by molar-refractivity contribution is 9.10. The van der Waals surface area contributed by atoms with Crippen LogP contribution in [0.2, 0.25) is 0 Å². The standard InChI is InChI=1S/C15H23BrN2O2S/c1-3-18-8-6-13(7-9-18)11-17-21(19,20)14-4-5-15(16)12(2)10-14/h4-5,10,13,17H,3,6-9,11H2,1-2H3. The number of hydrogen-bond acceptors (Lipinski definition) is 3. The SMILES string of the molecule is CCN1CCC(CNS(=O)(=O)c2ccc(Br)c(C)c2)CC1. The van der Waals surface area contributed by atoms with E-state index in [4.69, 9.17) is 0 Å². The maximum atomic E-state index is 12.3. The quantitative estimate of drug-likeness (QED) is 0.861. The normalized spacial score (nSPS) is 18.0. The number of nitrogens with one attached hydrogen (secondary N) is 1. The number of hydrogen-bond donors (Lipinski definition) is 1. The van der Waals surface area contributed by atoms with Crippen molar-refractivity contribution in [3.05, 3.63) is 28.2 Å². The predicted octanol–water partition coefficient (Wildman–Crippen LogP) is 2.77. The summed E-state index contributed by atoms with van der Waals surface area (Å²) in [6.45, 7) is 7.81. The van der Waals surface area contributed by atoms with E-state index in [0.29, 0.717) is 17.4 Å². The molecule has 1 fully saturated rings. The molecule has 1 aliphatic rings. The molecule has 0 aliphatic carbocycles. The molecule has 1 heterocycles. The van der Waals surface area contributed by atoms with Crippen molar-refractivity contribution in [2.24, 2.45) is 5.92 Å². The molecule has 1 N–H and O–H groups in total. The van der Waals surface area contributed by atoms with E-state index in [-0.39, 0.29) is 0 Å². The van der Waals surface area contributed by atoms with E-state index in [1.165, 1.54) is 0 Å². The Labute approximate surface area is 136 Å². The van der Waals surface area contributed by atoms with Gasteiger partial charge in [-0.2, -0.15) is 0 Å². The van der Waals surface area contributed by atoms with Gasteiger partial charge in [-0.1, -0.05) is 22.9 Å². The maximum Gasteiger partial charge on any atom is 0.240 e. The lowest BCUT2D eigenvalue weighted by molar-refractivity contribution is 0.194. The van der Waals surface area contributed by atoms with Crippen molar-refractivity contribution in [2.75, 3.05) is 26.2 Å². The zero-order valence-electron chi connectivity index (χ0n) is 12.6. The Morgan fingerprint density at radius 1 is 1.33 bits per heavy atom. The van der Waals surface area contributed by atoms with Gasteiger partial charge in [-0.25, -0.2) is 13.1 Å². The van der Waals surface area contributed by atoms with Crippen molar-refractivity contribution in [2.45, 2.75) is 31.6 Å². The Morgan fingerprint density at radius 2 is 2.00 bits per heavy atom. The smallest absolute Gasteiger partial charge is 0.240 e. The average Bonchev–Trinajstić information content (AvgIpc) is 2.48. The molecule has 21 heavy (non-hydrogen) atoms. The van der Waals surface area contributed by atoms with Crippen LogP contribution in [0.1, 0.15) is 25.3 Å². The van der Waals surface area contributed by atoms with Gasteiger partial charge in [0.1, 0.15) is 0 Å². The van der Waals surface area contributed by atoms with Gasteiger partial charge in [-0.3, -0.25) is 0 Å². The molecule has 1 aromatic rings. The fraction of sp³-hybridized carbons (Fsp3) is 0.600. The Hall–Kier alpha value is -0.430. The van der Waals surface area contributed by atoms with Gasteiger partial charge in [0.05, 0.1) is 4.90 Å². The van der Waals surface area contributed by atoms with Crippen molar-refractivity contribution in [3.63, 3.8) is 0 Å². The van der Waals surface area contributed by atoms with Crippen molar-refractivity contribution >= 4 is 26.0 Å². The number of piperidine rings is 1. The molecule has 1 aromatic carbocycles. The molecule has 0 radical (unpaired) electrons.